The minimum atomic E-state index is -0.540. The van der Waals surface area contributed by atoms with Crippen LogP contribution in [0, 0.1) is 11.8 Å². The van der Waals surface area contributed by atoms with Gasteiger partial charge in [-0.05, 0) is 36.0 Å². The highest BCUT2D eigenvalue weighted by Gasteiger charge is 2.30. The lowest BCUT2D eigenvalue weighted by molar-refractivity contribution is -0.0309. The van der Waals surface area contributed by atoms with Gasteiger partial charge in [0, 0.05) is 13.2 Å². The molecule has 1 aromatic carbocycles. The molecular weight excluding hydrogens is 252 g/mol. The molecule has 0 saturated carbocycles. The first-order chi connectivity index (χ1) is 8.63. The van der Waals surface area contributed by atoms with E-state index in [2.05, 4.69) is 6.92 Å². The van der Waals surface area contributed by atoms with Crippen LogP contribution < -0.4 is 4.74 Å². The zero-order valence-electron chi connectivity index (χ0n) is 10.7. The highest BCUT2D eigenvalue weighted by Crippen LogP contribution is 2.37. The maximum absolute atomic E-state index is 10.5. The van der Waals surface area contributed by atoms with Gasteiger partial charge >= 0.3 is 0 Å². The zero-order chi connectivity index (χ0) is 13.1. The van der Waals surface area contributed by atoms with Crippen molar-refractivity contribution in [1.29, 1.82) is 0 Å². The van der Waals surface area contributed by atoms with Crippen LogP contribution in [0.25, 0.3) is 0 Å². The summed E-state index contributed by atoms with van der Waals surface area (Å²) in [6.07, 6.45) is 0.326. The molecule has 3 atom stereocenters. The summed E-state index contributed by atoms with van der Waals surface area (Å²) < 4.78 is 10.5. The SMILES string of the molecule is COc1ccc(C(O)C2CCOCC2C)c(Cl)c1. The fourth-order valence-corrected chi connectivity index (χ4v) is 2.75. The van der Waals surface area contributed by atoms with E-state index >= 15 is 0 Å². The smallest absolute Gasteiger partial charge is 0.120 e. The van der Waals surface area contributed by atoms with E-state index < -0.39 is 6.10 Å². The Kier molecular flexibility index (Phi) is 4.49. The topological polar surface area (TPSA) is 38.7 Å². The number of ether oxygens (including phenoxy) is 2. The van der Waals surface area contributed by atoms with E-state index in [9.17, 15) is 5.11 Å². The van der Waals surface area contributed by atoms with Crippen LogP contribution >= 0.6 is 11.6 Å². The molecule has 2 rings (SSSR count). The summed E-state index contributed by atoms with van der Waals surface area (Å²) in [6, 6.07) is 5.41. The van der Waals surface area contributed by atoms with Crippen molar-refractivity contribution in [3.63, 3.8) is 0 Å². The van der Waals surface area contributed by atoms with Crippen LogP contribution in [0.15, 0.2) is 18.2 Å². The van der Waals surface area contributed by atoms with Gasteiger partial charge in [0.1, 0.15) is 5.75 Å². The van der Waals surface area contributed by atoms with Gasteiger partial charge in [-0.1, -0.05) is 24.6 Å². The Morgan fingerprint density at radius 2 is 2.28 bits per heavy atom. The number of rotatable bonds is 3. The molecule has 0 aliphatic carbocycles. The third-order valence-corrected chi connectivity index (χ3v) is 3.97. The molecule has 0 bridgehead atoms. The maximum Gasteiger partial charge on any atom is 0.120 e. The average Bonchev–Trinajstić information content (AvgIpc) is 2.38. The quantitative estimate of drug-likeness (QED) is 0.917. The number of methoxy groups -OCH3 is 1. The summed E-state index contributed by atoms with van der Waals surface area (Å²) in [7, 11) is 1.60. The Morgan fingerprint density at radius 3 is 2.89 bits per heavy atom. The van der Waals surface area contributed by atoms with Crippen LogP contribution in [0.4, 0.5) is 0 Å². The molecule has 100 valence electrons. The number of aliphatic hydroxyl groups is 1. The highest BCUT2D eigenvalue weighted by molar-refractivity contribution is 6.31. The van der Waals surface area contributed by atoms with E-state index in [0.717, 1.165) is 12.0 Å². The standard InChI is InChI=1S/C14H19ClO3/c1-9-8-18-6-5-11(9)14(16)12-4-3-10(17-2)7-13(12)15/h3-4,7,9,11,14,16H,5-6,8H2,1-2H3. The first kappa shape index (κ1) is 13.7. The molecule has 1 saturated heterocycles. The van der Waals surface area contributed by atoms with Crippen molar-refractivity contribution < 1.29 is 14.6 Å². The Labute approximate surface area is 113 Å². The lowest BCUT2D eigenvalue weighted by atomic mass is 9.82. The number of benzene rings is 1. The second-order valence-electron chi connectivity index (χ2n) is 4.84. The van der Waals surface area contributed by atoms with E-state index in [1.54, 1.807) is 13.2 Å². The second kappa shape index (κ2) is 5.91. The molecule has 18 heavy (non-hydrogen) atoms. The summed E-state index contributed by atoms with van der Waals surface area (Å²) in [6.45, 7) is 3.51. The van der Waals surface area contributed by atoms with Crippen LogP contribution in [0.2, 0.25) is 5.02 Å². The van der Waals surface area contributed by atoms with Gasteiger partial charge in [-0.25, -0.2) is 0 Å². The molecule has 1 N–H and O–H groups in total. The third kappa shape index (κ3) is 2.79. The van der Waals surface area contributed by atoms with Gasteiger partial charge in [0.05, 0.1) is 18.2 Å². The third-order valence-electron chi connectivity index (χ3n) is 3.64. The molecule has 0 spiro atoms. The van der Waals surface area contributed by atoms with E-state index in [4.69, 9.17) is 21.1 Å². The molecule has 4 heteroatoms. The fourth-order valence-electron chi connectivity index (χ4n) is 2.47. The van der Waals surface area contributed by atoms with Gasteiger partial charge in [-0.2, -0.15) is 0 Å². The lowest BCUT2D eigenvalue weighted by Crippen LogP contribution is -2.30. The molecule has 3 unspecified atom stereocenters. The molecule has 1 aliphatic rings. The van der Waals surface area contributed by atoms with Crippen molar-refractivity contribution in [2.45, 2.75) is 19.4 Å². The Balaban J connectivity index is 2.19. The van der Waals surface area contributed by atoms with E-state index in [1.807, 2.05) is 12.1 Å². The molecule has 1 aromatic rings. The lowest BCUT2D eigenvalue weighted by Gasteiger charge is -2.33. The van der Waals surface area contributed by atoms with Crippen molar-refractivity contribution in [1.82, 2.24) is 0 Å². The van der Waals surface area contributed by atoms with E-state index in [0.29, 0.717) is 29.9 Å². The normalized spacial score (nSPS) is 25.8. The van der Waals surface area contributed by atoms with Gasteiger partial charge < -0.3 is 14.6 Å². The van der Waals surface area contributed by atoms with Gasteiger partial charge in [0.2, 0.25) is 0 Å². The van der Waals surface area contributed by atoms with Crippen molar-refractivity contribution >= 4 is 11.6 Å². The van der Waals surface area contributed by atoms with Crippen LogP contribution in [-0.2, 0) is 4.74 Å². The number of hydrogen-bond donors (Lipinski definition) is 1. The first-order valence-corrected chi connectivity index (χ1v) is 6.60. The van der Waals surface area contributed by atoms with Crippen molar-refractivity contribution in [3.05, 3.63) is 28.8 Å². The monoisotopic (exact) mass is 270 g/mol. The molecule has 3 nitrogen and oxygen atoms in total. The second-order valence-corrected chi connectivity index (χ2v) is 5.24. The summed E-state index contributed by atoms with van der Waals surface area (Å²) in [5.41, 5.74) is 0.774. The zero-order valence-corrected chi connectivity index (χ0v) is 11.5. The highest BCUT2D eigenvalue weighted by atomic mass is 35.5. The summed E-state index contributed by atoms with van der Waals surface area (Å²) in [5.74, 6) is 1.24. The average molecular weight is 271 g/mol. The number of hydrogen-bond acceptors (Lipinski definition) is 3. The largest absolute Gasteiger partial charge is 0.497 e. The van der Waals surface area contributed by atoms with Crippen molar-refractivity contribution in [3.8, 4) is 5.75 Å². The van der Waals surface area contributed by atoms with Crippen molar-refractivity contribution in [2.75, 3.05) is 20.3 Å². The van der Waals surface area contributed by atoms with Crippen LogP contribution in [0.5, 0.6) is 5.75 Å². The van der Waals surface area contributed by atoms with Gasteiger partial charge in [0.25, 0.3) is 0 Å². The predicted molar refractivity (Wildman–Crippen MR) is 71.1 cm³/mol. The molecule has 0 aromatic heterocycles. The summed E-state index contributed by atoms with van der Waals surface area (Å²) in [5, 5.41) is 11.0. The number of aliphatic hydroxyl groups excluding tert-OH is 1. The fraction of sp³-hybridized carbons (Fsp3) is 0.571. The predicted octanol–water partition coefficient (Wildman–Crippen LogP) is 3.05. The van der Waals surface area contributed by atoms with E-state index in [-0.39, 0.29) is 5.92 Å². The molecule has 0 amide bonds. The van der Waals surface area contributed by atoms with Gasteiger partial charge in [-0.15, -0.1) is 0 Å². The molecule has 1 aliphatic heterocycles. The minimum Gasteiger partial charge on any atom is -0.497 e. The Morgan fingerprint density at radius 1 is 1.50 bits per heavy atom. The van der Waals surface area contributed by atoms with E-state index in [1.165, 1.54) is 0 Å². The maximum atomic E-state index is 10.5. The summed E-state index contributed by atoms with van der Waals surface area (Å²) in [4.78, 5) is 0. The summed E-state index contributed by atoms with van der Waals surface area (Å²) >= 11 is 6.20. The molecule has 0 radical (unpaired) electrons. The van der Waals surface area contributed by atoms with Crippen LogP contribution in [0.3, 0.4) is 0 Å². The molecule has 1 fully saturated rings. The van der Waals surface area contributed by atoms with Gasteiger partial charge in [0.15, 0.2) is 0 Å². The molecular formula is C14H19ClO3. The van der Waals surface area contributed by atoms with Crippen LogP contribution in [-0.4, -0.2) is 25.4 Å². The minimum absolute atomic E-state index is 0.199. The Hall–Kier alpha value is -0.770. The first-order valence-electron chi connectivity index (χ1n) is 6.22. The van der Waals surface area contributed by atoms with Gasteiger partial charge in [-0.3, -0.25) is 0 Å². The molecule has 1 heterocycles. The Bertz CT molecular complexity index is 408. The van der Waals surface area contributed by atoms with Crippen LogP contribution in [0.1, 0.15) is 25.0 Å². The van der Waals surface area contributed by atoms with Crippen molar-refractivity contribution in [2.24, 2.45) is 11.8 Å². The number of halogens is 1.